The third-order valence-corrected chi connectivity index (χ3v) is 2.91. The third-order valence-electron chi connectivity index (χ3n) is 2.65. The maximum absolute atomic E-state index is 11.3. The van der Waals surface area contributed by atoms with Crippen molar-refractivity contribution in [2.75, 3.05) is 12.5 Å². The number of Topliss-reactive ketones (excluding diaryl/α,β-unsaturated/α-hetero) is 1. The van der Waals surface area contributed by atoms with Gasteiger partial charge in [-0.25, -0.2) is 0 Å². The molecule has 0 aliphatic carbocycles. The topological polar surface area (TPSA) is 26.3 Å². The molecule has 2 atom stereocenters. The molecule has 13 heavy (non-hydrogen) atoms. The van der Waals surface area contributed by atoms with Crippen LogP contribution < -0.4 is 0 Å². The van der Waals surface area contributed by atoms with E-state index in [0.717, 1.165) is 12.8 Å². The Morgan fingerprint density at radius 3 is 2.85 bits per heavy atom. The van der Waals surface area contributed by atoms with Gasteiger partial charge in [0.15, 0.2) is 5.78 Å². The summed E-state index contributed by atoms with van der Waals surface area (Å²) in [5.74, 6) is 0.954. The summed E-state index contributed by atoms with van der Waals surface area (Å²) in [7, 11) is 0. The van der Waals surface area contributed by atoms with Gasteiger partial charge in [-0.3, -0.25) is 4.79 Å². The number of hydrogen-bond acceptors (Lipinski definition) is 2. The Bertz CT molecular complexity index is 180. The molecule has 0 aromatic carbocycles. The Kier molecular flexibility index (Phi) is 4.20. The normalized spacial score (nSPS) is 29.2. The first-order valence-corrected chi connectivity index (χ1v) is 5.39. The highest BCUT2D eigenvalue weighted by Gasteiger charge is 2.28. The van der Waals surface area contributed by atoms with E-state index in [9.17, 15) is 4.79 Å². The van der Waals surface area contributed by atoms with Gasteiger partial charge in [0.2, 0.25) is 0 Å². The van der Waals surface area contributed by atoms with Crippen LogP contribution in [0, 0.1) is 11.8 Å². The smallest absolute Gasteiger partial charge is 0.150 e. The van der Waals surface area contributed by atoms with Gasteiger partial charge >= 0.3 is 0 Å². The Labute approximate surface area is 84.6 Å². The molecule has 3 heteroatoms. The van der Waals surface area contributed by atoms with Crippen molar-refractivity contribution in [1.29, 1.82) is 0 Å². The summed E-state index contributed by atoms with van der Waals surface area (Å²) in [5, 5.41) is 0. The molecule has 0 N–H and O–H groups in total. The summed E-state index contributed by atoms with van der Waals surface area (Å²) in [4.78, 5) is 11.3. The lowest BCUT2D eigenvalue weighted by Gasteiger charge is -2.30. The average Bonchev–Trinajstić information content (AvgIpc) is 2.17. The van der Waals surface area contributed by atoms with Crippen LogP contribution in [-0.2, 0) is 9.53 Å². The van der Waals surface area contributed by atoms with Gasteiger partial charge in [-0.2, -0.15) is 0 Å². The number of ketones is 1. The lowest BCUT2D eigenvalue weighted by Crippen LogP contribution is -2.33. The molecule has 1 fully saturated rings. The summed E-state index contributed by atoms with van der Waals surface area (Å²) in [6, 6.07) is 0. The van der Waals surface area contributed by atoms with Gasteiger partial charge in [0.05, 0.1) is 12.0 Å². The lowest BCUT2D eigenvalue weighted by molar-refractivity contribution is -0.126. The fourth-order valence-electron chi connectivity index (χ4n) is 1.69. The van der Waals surface area contributed by atoms with Crippen LogP contribution >= 0.6 is 11.6 Å². The van der Waals surface area contributed by atoms with E-state index in [-0.39, 0.29) is 23.7 Å². The molecule has 0 radical (unpaired) electrons. The summed E-state index contributed by atoms with van der Waals surface area (Å²) in [5.41, 5.74) is 0. The Morgan fingerprint density at radius 1 is 1.62 bits per heavy atom. The van der Waals surface area contributed by atoms with E-state index < -0.39 is 0 Å². The predicted octanol–water partition coefficient (Wildman–Crippen LogP) is 2.25. The number of halogens is 1. The number of alkyl halides is 1. The van der Waals surface area contributed by atoms with Crippen molar-refractivity contribution < 1.29 is 9.53 Å². The highest BCUT2D eigenvalue weighted by atomic mass is 35.5. The van der Waals surface area contributed by atoms with Gasteiger partial charge in [-0.15, -0.1) is 11.6 Å². The van der Waals surface area contributed by atoms with E-state index in [1.807, 2.05) is 0 Å². The van der Waals surface area contributed by atoms with Crippen molar-refractivity contribution in [3.63, 3.8) is 0 Å². The highest BCUT2D eigenvalue weighted by molar-refractivity contribution is 6.27. The second kappa shape index (κ2) is 4.97. The van der Waals surface area contributed by atoms with Crippen LogP contribution in [0.25, 0.3) is 0 Å². The molecule has 0 aromatic rings. The van der Waals surface area contributed by atoms with E-state index in [0.29, 0.717) is 12.5 Å². The van der Waals surface area contributed by atoms with E-state index in [4.69, 9.17) is 16.3 Å². The number of carbonyl (C=O) groups excluding carboxylic acids is 1. The van der Waals surface area contributed by atoms with Crippen LogP contribution in [0.5, 0.6) is 0 Å². The van der Waals surface area contributed by atoms with Crippen molar-refractivity contribution in [3.05, 3.63) is 0 Å². The first-order valence-electron chi connectivity index (χ1n) is 4.85. The van der Waals surface area contributed by atoms with Crippen molar-refractivity contribution in [2.45, 2.75) is 32.8 Å². The van der Waals surface area contributed by atoms with Crippen LogP contribution in [0.3, 0.4) is 0 Å². The van der Waals surface area contributed by atoms with Crippen LogP contribution in [0.15, 0.2) is 0 Å². The summed E-state index contributed by atoms with van der Waals surface area (Å²) < 4.78 is 5.57. The number of hydrogen-bond donors (Lipinski definition) is 0. The quantitative estimate of drug-likeness (QED) is 0.660. The fourth-order valence-corrected chi connectivity index (χ4v) is 1.91. The van der Waals surface area contributed by atoms with Crippen LogP contribution in [0.1, 0.15) is 26.7 Å². The maximum Gasteiger partial charge on any atom is 0.150 e. The zero-order chi connectivity index (χ0) is 9.84. The summed E-state index contributed by atoms with van der Waals surface area (Å²) in [6.45, 7) is 4.95. The van der Waals surface area contributed by atoms with Crippen molar-refractivity contribution in [3.8, 4) is 0 Å². The monoisotopic (exact) mass is 204 g/mol. The van der Waals surface area contributed by atoms with Gasteiger partial charge in [0.1, 0.15) is 0 Å². The molecule has 0 bridgehead atoms. The lowest BCUT2D eigenvalue weighted by atomic mass is 9.88. The Morgan fingerprint density at radius 2 is 2.31 bits per heavy atom. The van der Waals surface area contributed by atoms with Crippen LogP contribution in [0.4, 0.5) is 0 Å². The zero-order valence-corrected chi connectivity index (χ0v) is 9.01. The van der Waals surface area contributed by atoms with E-state index >= 15 is 0 Å². The molecule has 0 spiro atoms. The third kappa shape index (κ3) is 2.96. The van der Waals surface area contributed by atoms with Gasteiger partial charge in [-0.05, 0) is 18.8 Å². The average molecular weight is 205 g/mol. The molecule has 1 saturated heterocycles. The standard InChI is InChI=1S/C10H17ClO2/c1-7(2)10-5-8(3-4-13-10)9(12)6-11/h7-8,10H,3-6H2,1-2H3/t8-,10+/m0/s1. The Balaban J connectivity index is 2.46. The van der Waals surface area contributed by atoms with Crippen molar-refractivity contribution >= 4 is 17.4 Å². The van der Waals surface area contributed by atoms with Crippen molar-refractivity contribution in [2.24, 2.45) is 11.8 Å². The van der Waals surface area contributed by atoms with E-state index in [1.54, 1.807) is 0 Å². The highest BCUT2D eigenvalue weighted by Crippen LogP contribution is 2.25. The summed E-state index contributed by atoms with van der Waals surface area (Å²) in [6.07, 6.45) is 1.93. The van der Waals surface area contributed by atoms with Gasteiger partial charge in [0, 0.05) is 12.5 Å². The molecule has 1 aliphatic heterocycles. The minimum atomic E-state index is 0.138. The minimum Gasteiger partial charge on any atom is -0.378 e. The number of ether oxygens (including phenoxy) is 1. The summed E-state index contributed by atoms with van der Waals surface area (Å²) >= 11 is 5.52. The molecule has 0 unspecified atom stereocenters. The van der Waals surface area contributed by atoms with Crippen LogP contribution in [0.2, 0.25) is 0 Å². The maximum atomic E-state index is 11.3. The van der Waals surface area contributed by atoms with Crippen LogP contribution in [-0.4, -0.2) is 24.4 Å². The molecular formula is C10H17ClO2. The minimum absolute atomic E-state index is 0.138. The Hall–Kier alpha value is -0.0800. The number of rotatable bonds is 3. The molecule has 76 valence electrons. The van der Waals surface area contributed by atoms with Crippen molar-refractivity contribution in [1.82, 2.24) is 0 Å². The van der Waals surface area contributed by atoms with E-state index in [1.165, 1.54) is 0 Å². The second-order valence-corrected chi connectivity index (χ2v) is 4.24. The number of carbonyl (C=O) groups is 1. The van der Waals surface area contributed by atoms with Gasteiger partial charge in [-0.1, -0.05) is 13.8 Å². The van der Waals surface area contributed by atoms with Gasteiger partial charge < -0.3 is 4.74 Å². The molecule has 2 nitrogen and oxygen atoms in total. The fraction of sp³-hybridized carbons (Fsp3) is 0.900. The van der Waals surface area contributed by atoms with Gasteiger partial charge in [0.25, 0.3) is 0 Å². The molecule has 1 aliphatic rings. The first-order chi connectivity index (χ1) is 6.15. The second-order valence-electron chi connectivity index (χ2n) is 3.97. The first kappa shape index (κ1) is 11.0. The predicted molar refractivity (Wildman–Crippen MR) is 53.0 cm³/mol. The largest absolute Gasteiger partial charge is 0.378 e. The molecule has 0 aromatic heterocycles. The zero-order valence-electron chi connectivity index (χ0n) is 8.25. The van der Waals surface area contributed by atoms with E-state index in [2.05, 4.69) is 13.8 Å². The SMILES string of the molecule is CC(C)[C@H]1C[C@@H](C(=O)CCl)CCO1. The molecule has 1 rings (SSSR count). The molecular weight excluding hydrogens is 188 g/mol. The molecule has 0 amide bonds. The molecule has 1 heterocycles. The molecule has 0 saturated carbocycles.